The van der Waals surface area contributed by atoms with Gasteiger partial charge < -0.3 is 13.9 Å². The Morgan fingerprint density at radius 1 is 0.368 bits per heavy atom. The van der Waals surface area contributed by atoms with E-state index in [1.807, 2.05) is 6.07 Å². The standard InChI is InChI=1S/C54H36N2O/c1-4-16-37(17-5-1)38-28-30-41(31-29-38)55(47-25-13-10-22-44(47)39-18-6-2-7-19-39)42-32-34-43(35-33-42)56-48-26-14-11-23-45(48)53-49(56)36-51-54(46-24-12-15-27-50(46)57-51)52(53)40-20-8-3-9-21-40/h1-36H. The zero-order valence-corrected chi connectivity index (χ0v) is 31.1. The molecular weight excluding hydrogens is 693 g/mol. The minimum atomic E-state index is 0.880. The summed E-state index contributed by atoms with van der Waals surface area (Å²) in [5, 5.41) is 4.70. The number of furan rings is 1. The molecule has 0 aliphatic heterocycles. The van der Waals surface area contributed by atoms with Crippen molar-refractivity contribution in [2.24, 2.45) is 0 Å². The van der Waals surface area contributed by atoms with Crippen molar-refractivity contribution in [3.8, 4) is 39.1 Å². The number of fused-ring (bicyclic) bond motifs is 6. The topological polar surface area (TPSA) is 21.3 Å². The first kappa shape index (κ1) is 32.8. The summed E-state index contributed by atoms with van der Waals surface area (Å²) >= 11 is 0. The third-order valence-electron chi connectivity index (χ3n) is 11.2. The molecule has 57 heavy (non-hydrogen) atoms. The first-order chi connectivity index (χ1) is 28.3. The van der Waals surface area contributed by atoms with Crippen LogP contribution in [0, 0.1) is 0 Å². The highest BCUT2D eigenvalue weighted by molar-refractivity contribution is 6.27. The van der Waals surface area contributed by atoms with Crippen LogP contribution in [0.1, 0.15) is 0 Å². The fourth-order valence-electron chi connectivity index (χ4n) is 8.65. The second-order valence-corrected chi connectivity index (χ2v) is 14.5. The fraction of sp³-hybridized carbons (Fsp3) is 0. The second-order valence-electron chi connectivity index (χ2n) is 14.5. The summed E-state index contributed by atoms with van der Waals surface area (Å²) in [7, 11) is 0. The maximum Gasteiger partial charge on any atom is 0.138 e. The summed E-state index contributed by atoms with van der Waals surface area (Å²) in [5.74, 6) is 0. The summed E-state index contributed by atoms with van der Waals surface area (Å²) in [6, 6.07) is 77.9. The number of benzene rings is 9. The molecule has 0 amide bonds. The van der Waals surface area contributed by atoms with E-state index < -0.39 is 0 Å². The second kappa shape index (κ2) is 13.6. The first-order valence-electron chi connectivity index (χ1n) is 19.4. The number of aromatic nitrogens is 1. The Balaban J connectivity index is 1.11. The van der Waals surface area contributed by atoms with Gasteiger partial charge in [0.05, 0.1) is 16.7 Å². The predicted molar refractivity (Wildman–Crippen MR) is 239 cm³/mol. The molecule has 9 aromatic carbocycles. The van der Waals surface area contributed by atoms with Crippen LogP contribution in [0.3, 0.4) is 0 Å². The van der Waals surface area contributed by atoms with Gasteiger partial charge in [0.15, 0.2) is 0 Å². The molecule has 0 saturated heterocycles. The Bertz CT molecular complexity index is 3200. The molecule has 2 heterocycles. The van der Waals surface area contributed by atoms with Crippen LogP contribution >= 0.6 is 0 Å². The third-order valence-corrected chi connectivity index (χ3v) is 11.2. The van der Waals surface area contributed by atoms with Gasteiger partial charge in [-0.05, 0) is 76.9 Å². The van der Waals surface area contributed by atoms with Gasteiger partial charge in [0, 0.05) is 55.8 Å². The monoisotopic (exact) mass is 728 g/mol. The van der Waals surface area contributed by atoms with E-state index in [4.69, 9.17) is 4.42 Å². The smallest absolute Gasteiger partial charge is 0.138 e. The Labute approximate surface area is 330 Å². The van der Waals surface area contributed by atoms with Crippen LogP contribution in [0.15, 0.2) is 223 Å². The Kier molecular flexibility index (Phi) is 7.82. The van der Waals surface area contributed by atoms with Crippen molar-refractivity contribution in [3.05, 3.63) is 218 Å². The van der Waals surface area contributed by atoms with Crippen LogP contribution in [0.25, 0.3) is 82.8 Å². The van der Waals surface area contributed by atoms with E-state index >= 15 is 0 Å². The van der Waals surface area contributed by atoms with Gasteiger partial charge >= 0.3 is 0 Å². The molecular formula is C54H36N2O. The van der Waals surface area contributed by atoms with Gasteiger partial charge in [-0.3, -0.25) is 0 Å². The summed E-state index contributed by atoms with van der Waals surface area (Å²) in [4.78, 5) is 2.37. The SMILES string of the molecule is c1ccc(-c2ccc(N(c3ccc(-n4c5ccccc5c5c(-c6ccccc6)c6c(cc54)oc4ccccc46)cc3)c3ccccc3-c3ccccc3)cc2)cc1. The first-order valence-corrected chi connectivity index (χ1v) is 19.4. The van der Waals surface area contributed by atoms with Gasteiger partial charge in [-0.25, -0.2) is 0 Å². The maximum absolute atomic E-state index is 6.62. The van der Waals surface area contributed by atoms with E-state index in [1.54, 1.807) is 0 Å². The molecule has 0 atom stereocenters. The average molecular weight is 729 g/mol. The molecule has 0 unspecified atom stereocenters. The number of rotatable bonds is 7. The van der Waals surface area contributed by atoms with Gasteiger partial charge in [-0.1, -0.05) is 158 Å². The van der Waals surface area contributed by atoms with E-state index in [1.165, 1.54) is 44.2 Å². The molecule has 0 saturated carbocycles. The van der Waals surface area contributed by atoms with E-state index in [-0.39, 0.29) is 0 Å². The number of hydrogen-bond acceptors (Lipinski definition) is 2. The highest BCUT2D eigenvalue weighted by Crippen LogP contribution is 2.47. The Morgan fingerprint density at radius 3 is 1.63 bits per heavy atom. The maximum atomic E-state index is 6.62. The molecule has 0 aliphatic rings. The highest BCUT2D eigenvalue weighted by Gasteiger charge is 2.23. The molecule has 0 spiro atoms. The predicted octanol–water partition coefficient (Wildman–Crippen LogP) is 15.2. The third kappa shape index (κ3) is 5.51. The van der Waals surface area contributed by atoms with Gasteiger partial charge in [0.25, 0.3) is 0 Å². The lowest BCUT2D eigenvalue weighted by atomic mass is 9.94. The van der Waals surface area contributed by atoms with Gasteiger partial charge in [0.2, 0.25) is 0 Å². The van der Waals surface area contributed by atoms with Crippen LogP contribution in [-0.2, 0) is 0 Å². The lowest BCUT2D eigenvalue weighted by Gasteiger charge is -2.28. The zero-order chi connectivity index (χ0) is 37.7. The van der Waals surface area contributed by atoms with Crippen molar-refractivity contribution in [3.63, 3.8) is 0 Å². The molecule has 2 aromatic heterocycles. The minimum absolute atomic E-state index is 0.880. The van der Waals surface area contributed by atoms with Gasteiger partial charge in [0.1, 0.15) is 11.2 Å². The summed E-state index contributed by atoms with van der Waals surface area (Å²) in [6.45, 7) is 0. The molecule has 0 N–H and O–H groups in total. The van der Waals surface area contributed by atoms with E-state index in [9.17, 15) is 0 Å². The minimum Gasteiger partial charge on any atom is -0.456 e. The number of para-hydroxylation sites is 3. The lowest BCUT2D eigenvalue weighted by Crippen LogP contribution is -2.11. The lowest BCUT2D eigenvalue weighted by molar-refractivity contribution is 0.669. The van der Waals surface area contributed by atoms with E-state index in [2.05, 4.69) is 222 Å². The van der Waals surface area contributed by atoms with Crippen LogP contribution in [-0.4, -0.2) is 4.57 Å². The summed E-state index contributed by atoms with van der Waals surface area (Å²) < 4.78 is 9.02. The molecule has 11 rings (SSSR count). The van der Waals surface area contributed by atoms with Gasteiger partial charge in [-0.2, -0.15) is 0 Å². The normalized spacial score (nSPS) is 11.5. The van der Waals surface area contributed by atoms with Gasteiger partial charge in [-0.15, -0.1) is 0 Å². The zero-order valence-electron chi connectivity index (χ0n) is 31.1. The van der Waals surface area contributed by atoms with Crippen molar-refractivity contribution in [1.82, 2.24) is 4.57 Å². The van der Waals surface area contributed by atoms with Crippen LogP contribution < -0.4 is 4.90 Å². The molecule has 268 valence electrons. The average Bonchev–Trinajstić information content (AvgIpc) is 3.83. The number of nitrogens with zero attached hydrogens (tertiary/aromatic N) is 2. The molecule has 0 bridgehead atoms. The fourth-order valence-corrected chi connectivity index (χ4v) is 8.65. The molecule has 3 nitrogen and oxygen atoms in total. The van der Waals surface area contributed by atoms with Crippen molar-refractivity contribution in [2.75, 3.05) is 4.90 Å². The molecule has 0 aliphatic carbocycles. The van der Waals surface area contributed by atoms with Crippen molar-refractivity contribution in [2.45, 2.75) is 0 Å². The quantitative estimate of drug-likeness (QED) is 0.163. The molecule has 3 heteroatoms. The Hall–Kier alpha value is -7.62. The number of anilines is 3. The van der Waals surface area contributed by atoms with Crippen molar-refractivity contribution in [1.29, 1.82) is 0 Å². The highest BCUT2D eigenvalue weighted by atomic mass is 16.3. The van der Waals surface area contributed by atoms with Crippen molar-refractivity contribution < 1.29 is 4.42 Å². The van der Waals surface area contributed by atoms with E-state index in [0.29, 0.717) is 0 Å². The molecule has 0 fully saturated rings. The number of hydrogen-bond donors (Lipinski definition) is 0. The summed E-state index contributed by atoms with van der Waals surface area (Å²) in [6.07, 6.45) is 0. The van der Waals surface area contributed by atoms with E-state index in [0.717, 1.165) is 55.7 Å². The molecule has 11 aromatic rings. The van der Waals surface area contributed by atoms with Crippen molar-refractivity contribution >= 4 is 60.8 Å². The summed E-state index contributed by atoms with van der Waals surface area (Å²) in [5.41, 5.74) is 15.5. The Morgan fingerprint density at radius 2 is 0.912 bits per heavy atom. The van der Waals surface area contributed by atoms with Crippen LogP contribution in [0.4, 0.5) is 17.1 Å². The van der Waals surface area contributed by atoms with Crippen LogP contribution in [0.2, 0.25) is 0 Å². The molecule has 0 radical (unpaired) electrons. The van der Waals surface area contributed by atoms with Crippen LogP contribution in [0.5, 0.6) is 0 Å². The largest absolute Gasteiger partial charge is 0.456 e.